The van der Waals surface area contributed by atoms with Crippen molar-refractivity contribution in [3.05, 3.63) is 156 Å². The van der Waals surface area contributed by atoms with E-state index in [1.54, 1.807) is 0 Å². The summed E-state index contributed by atoms with van der Waals surface area (Å²) in [5, 5.41) is 0. The second-order valence-corrected chi connectivity index (χ2v) is 9.96. The van der Waals surface area contributed by atoms with Crippen molar-refractivity contribution < 1.29 is 4.79 Å². The normalized spacial score (nSPS) is 28.5. The van der Waals surface area contributed by atoms with Crippen LogP contribution < -0.4 is 0 Å². The number of carbonyl (C=O) groups is 1. The Morgan fingerprint density at radius 3 is 1.49 bits per heavy atom. The van der Waals surface area contributed by atoms with Crippen LogP contribution in [-0.2, 0) is 15.6 Å². The van der Waals surface area contributed by atoms with Gasteiger partial charge in [0.05, 0.1) is 10.8 Å². The molecule has 3 aliphatic carbocycles. The van der Waals surface area contributed by atoms with Crippen molar-refractivity contribution in [2.24, 2.45) is 11.8 Å². The number of Topliss-reactive ketones (excluding diaryl/α,β-unsaturated/α-hetero) is 1. The smallest absolute Gasteiger partial charge is 0.163 e. The Labute approximate surface area is 206 Å². The van der Waals surface area contributed by atoms with Crippen LogP contribution in [0.15, 0.2) is 133 Å². The molecule has 1 heteroatoms. The van der Waals surface area contributed by atoms with Crippen molar-refractivity contribution in [2.75, 3.05) is 0 Å². The molecule has 0 spiro atoms. The average Bonchev–Trinajstić information content (AvgIpc) is 3.57. The zero-order valence-corrected chi connectivity index (χ0v) is 19.5. The number of hydrogen-bond acceptors (Lipinski definition) is 1. The van der Waals surface area contributed by atoms with E-state index in [2.05, 4.69) is 121 Å². The Bertz CT molecular complexity index is 1470. The first-order valence-corrected chi connectivity index (χ1v) is 12.5. The van der Waals surface area contributed by atoms with E-state index < -0.39 is 10.8 Å². The van der Waals surface area contributed by atoms with E-state index in [1.807, 2.05) is 12.1 Å². The maximum Gasteiger partial charge on any atom is 0.163 e. The first kappa shape index (κ1) is 20.4. The Morgan fingerprint density at radius 2 is 0.971 bits per heavy atom. The van der Waals surface area contributed by atoms with Crippen LogP contribution in [-0.4, -0.2) is 5.78 Å². The maximum absolute atomic E-state index is 15.3. The summed E-state index contributed by atoms with van der Waals surface area (Å²) in [6.45, 7) is 0. The first-order valence-electron chi connectivity index (χ1n) is 12.5. The summed E-state index contributed by atoms with van der Waals surface area (Å²) in [6, 6.07) is 42.3. The molecular formula is C34H26O. The van der Waals surface area contributed by atoms with Crippen molar-refractivity contribution in [1.82, 2.24) is 0 Å². The van der Waals surface area contributed by atoms with E-state index in [9.17, 15) is 0 Å². The summed E-state index contributed by atoms with van der Waals surface area (Å²) in [6.07, 6.45) is 5.57. The molecule has 0 radical (unpaired) electrons. The minimum Gasteiger partial charge on any atom is -0.297 e. The third kappa shape index (κ3) is 2.46. The van der Waals surface area contributed by atoms with Crippen LogP contribution in [0.5, 0.6) is 0 Å². The summed E-state index contributed by atoms with van der Waals surface area (Å²) >= 11 is 0. The number of rotatable bonds is 4. The molecule has 0 aliphatic heterocycles. The quantitative estimate of drug-likeness (QED) is 0.299. The molecular weight excluding hydrogens is 424 g/mol. The fourth-order valence-corrected chi connectivity index (χ4v) is 7.46. The fraction of sp³-hybridized carbons (Fsp3) is 0.147. The molecule has 168 valence electrons. The molecule has 2 bridgehead atoms. The Hall–Kier alpha value is -3.97. The van der Waals surface area contributed by atoms with Gasteiger partial charge in [0.2, 0.25) is 0 Å². The monoisotopic (exact) mass is 450 g/mol. The molecule has 0 aromatic heterocycles. The van der Waals surface area contributed by atoms with Crippen LogP contribution in [0.2, 0.25) is 0 Å². The minimum absolute atomic E-state index is 0.125. The van der Waals surface area contributed by atoms with Crippen LogP contribution >= 0.6 is 0 Å². The van der Waals surface area contributed by atoms with Gasteiger partial charge in [0.25, 0.3) is 0 Å². The highest BCUT2D eigenvalue weighted by Crippen LogP contribution is 2.74. The summed E-state index contributed by atoms with van der Waals surface area (Å²) in [5.74, 6) is 0.653. The SMILES string of the molecule is O=C1[C@]2(c3ccccc3)C(c3ccccc3)=C(c3ccccc3)[C@]1(c1ccccc1)[C@H]1CC=C[C@@H]12. The van der Waals surface area contributed by atoms with Crippen molar-refractivity contribution in [1.29, 1.82) is 0 Å². The summed E-state index contributed by atoms with van der Waals surface area (Å²) in [5.41, 5.74) is 5.46. The Balaban J connectivity index is 1.70. The average molecular weight is 451 g/mol. The number of fused-ring (bicyclic) bond motifs is 5. The number of hydrogen-bond donors (Lipinski definition) is 0. The zero-order valence-electron chi connectivity index (χ0n) is 19.5. The van der Waals surface area contributed by atoms with Gasteiger partial charge in [-0.15, -0.1) is 0 Å². The molecule has 4 aromatic rings. The second kappa shape index (κ2) is 7.52. The van der Waals surface area contributed by atoms with Gasteiger partial charge in [0.15, 0.2) is 5.78 Å². The highest BCUT2D eigenvalue weighted by Gasteiger charge is 2.76. The lowest BCUT2D eigenvalue weighted by molar-refractivity contribution is -0.123. The lowest BCUT2D eigenvalue weighted by atomic mass is 9.59. The van der Waals surface area contributed by atoms with Gasteiger partial charge in [-0.2, -0.15) is 0 Å². The molecule has 0 saturated heterocycles. The maximum atomic E-state index is 15.3. The number of allylic oxidation sites excluding steroid dienone is 4. The van der Waals surface area contributed by atoms with Crippen LogP contribution in [0.25, 0.3) is 11.1 Å². The van der Waals surface area contributed by atoms with Crippen molar-refractivity contribution in [2.45, 2.75) is 17.3 Å². The molecule has 0 unspecified atom stereocenters. The first-order chi connectivity index (χ1) is 17.3. The molecule has 0 N–H and O–H groups in total. The van der Waals surface area contributed by atoms with Crippen LogP contribution in [0.4, 0.5) is 0 Å². The molecule has 7 rings (SSSR count). The largest absolute Gasteiger partial charge is 0.297 e. The zero-order chi connectivity index (χ0) is 23.5. The predicted molar refractivity (Wildman–Crippen MR) is 142 cm³/mol. The van der Waals surface area contributed by atoms with Gasteiger partial charge in [-0.3, -0.25) is 4.79 Å². The van der Waals surface area contributed by atoms with Gasteiger partial charge in [-0.25, -0.2) is 0 Å². The van der Waals surface area contributed by atoms with E-state index in [4.69, 9.17) is 0 Å². The van der Waals surface area contributed by atoms with Gasteiger partial charge in [-0.1, -0.05) is 133 Å². The highest BCUT2D eigenvalue weighted by atomic mass is 16.1. The fourth-order valence-electron chi connectivity index (χ4n) is 7.46. The standard InChI is InChI=1S/C34H26O/c35-32-33(26-18-9-3-10-19-26)28-22-13-23-29(28)34(32,27-20-11-4-12-21-27)31(25-16-7-2-8-17-25)30(33)24-14-5-1-6-15-24/h1-22,28-29H,23H2/t28-,29-,33-,34-/m0/s1. The molecule has 4 aromatic carbocycles. The van der Waals surface area contributed by atoms with E-state index in [1.165, 1.54) is 11.1 Å². The molecule has 0 amide bonds. The van der Waals surface area contributed by atoms with Crippen LogP contribution in [0.1, 0.15) is 28.7 Å². The van der Waals surface area contributed by atoms with Gasteiger partial charge >= 0.3 is 0 Å². The minimum atomic E-state index is -0.721. The molecule has 4 atom stereocenters. The topological polar surface area (TPSA) is 17.1 Å². The molecule has 35 heavy (non-hydrogen) atoms. The van der Waals surface area contributed by atoms with Crippen molar-refractivity contribution in [3.8, 4) is 0 Å². The number of ketones is 1. The van der Waals surface area contributed by atoms with Crippen LogP contribution in [0, 0.1) is 11.8 Å². The van der Waals surface area contributed by atoms with Gasteiger partial charge in [0, 0.05) is 5.92 Å². The lowest BCUT2D eigenvalue weighted by Gasteiger charge is -2.41. The molecule has 3 aliphatic rings. The van der Waals surface area contributed by atoms with E-state index in [-0.39, 0.29) is 11.8 Å². The summed E-state index contributed by atoms with van der Waals surface area (Å²) in [7, 11) is 0. The second-order valence-electron chi connectivity index (χ2n) is 9.96. The van der Waals surface area contributed by atoms with Gasteiger partial charge in [0.1, 0.15) is 0 Å². The van der Waals surface area contributed by atoms with E-state index in [0.717, 1.165) is 28.7 Å². The predicted octanol–water partition coefficient (Wildman–Crippen LogP) is 7.26. The van der Waals surface area contributed by atoms with Crippen molar-refractivity contribution >= 4 is 16.9 Å². The van der Waals surface area contributed by atoms with Crippen LogP contribution in [0.3, 0.4) is 0 Å². The number of carbonyl (C=O) groups excluding carboxylic acids is 1. The molecule has 0 heterocycles. The number of benzene rings is 4. The summed E-state index contributed by atoms with van der Waals surface area (Å²) < 4.78 is 0. The third-order valence-corrected chi connectivity index (χ3v) is 8.56. The van der Waals surface area contributed by atoms with Crippen molar-refractivity contribution in [3.63, 3.8) is 0 Å². The lowest BCUT2D eigenvalue weighted by Crippen LogP contribution is -2.38. The van der Waals surface area contributed by atoms with Gasteiger partial charge < -0.3 is 0 Å². The van der Waals surface area contributed by atoms with Gasteiger partial charge in [-0.05, 0) is 45.7 Å². The van der Waals surface area contributed by atoms with E-state index >= 15 is 4.79 Å². The molecule has 1 fully saturated rings. The molecule has 1 saturated carbocycles. The highest BCUT2D eigenvalue weighted by molar-refractivity contribution is 6.30. The van der Waals surface area contributed by atoms with E-state index in [0.29, 0.717) is 5.78 Å². The third-order valence-electron chi connectivity index (χ3n) is 8.56. The Morgan fingerprint density at radius 1 is 0.543 bits per heavy atom. The molecule has 1 nitrogen and oxygen atoms in total. The Kier molecular flexibility index (Phi) is 4.38. The summed E-state index contributed by atoms with van der Waals surface area (Å²) in [4.78, 5) is 15.3.